The Hall–Kier alpha value is -3.22. The van der Waals surface area contributed by atoms with Gasteiger partial charge in [0.25, 0.3) is 5.91 Å². The average molecular weight is 446 g/mol. The maximum Gasteiger partial charge on any atom is 0.254 e. The lowest BCUT2D eigenvalue weighted by molar-refractivity contribution is -0.0247. The largest absolute Gasteiger partial charge is 0.492 e. The first kappa shape index (κ1) is 23.0. The maximum absolute atomic E-state index is 13.1. The molecule has 0 N–H and O–H groups in total. The van der Waals surface area contributed by atoms with Crippen LogP contribution in [0.3, 0.4) is 0 Å². The molecule has 0 saturated carbocycles. The van der Waals surface area contributed by atoms with Crippen molar-refractivity contribution in [2.75, 3.05) is 46.9 Å². The monoisotopic (exact) mass is 445 g/mol. The van der Waals surface area contributed by atoms with E-state index in [1.54, 1.807) is 0 Å². The Kier molecular flexibility index (Phi) is 7.70. The van der Waals surface area contributed by atoms with E-state index in [1.807, 2.05) is 79.7 Å². The number of hydrogen-bond donors (Lipinski definition) is 0. The average Bonchev–Trinajstić information content (AvgIpc) is 2.85. The van der Waals surface area contributed by atoms with Crippen LogP contribution in [0.1, 0.15) is 33.4 Å². The summed E-state index contributed by atoms with van der Waals surface area (Å²) in [5, 5.41) is 0. The highest BCUT2D eigenvalue weighted by Gasteiger charge is 2.27. The lowest BCUT2D eigenvalue weighted by Crippen LogP contribution is -2.42. The first-order valence-electron chi connectivity index (χ1n) is 11.4. The van der Waals surface area contributed by atoms with Gasteiger partial charge in [0.15, 0.2) is 0 Å². The molecule has 1 aliphatic heterocycles. The highest BCUT2D eigenvalue weighted by molar-refractivity contribution is 5.94. The summed E-state index contributed by atoms with van der Waals surface area (Å²) in [7, 11) is 4.02. The predicted octanol–water partition coefficient (Wildman–Crippen LogP) is 3.83. The first-order valence-corrected chi connectivity index (χ1v) is 11.4. The fraction of sp³-hybridized carbons (Fsp3) is 0.333. The van der Waals surface area contributed by atoms with E-state index in [0.29, 0.717) is 31.9 Å². The van der Waals surface area contributed by atoms with E-state index in [2.05, 4.69) is 17.0 Å². The summed E-state index contributed by atoms with van der Waals surface area (Å²) in [5.41, 5.74) is 3.74. The number of pyridine rings is 1. The van der Waals surface area contributed by atoms with Crippen LogP contribution >= 0.6 is 0 Å². The number of benzene rings is 2. The van der Waals surface area contributed by atoms with Crippen molar-refractivity contribution in [3.05, 3.63) is 95.3 Å². The van der Waals surface area contributed by atoms with Gasteiger partial charge in [0, 0.05) is 30.8 Å². The molecular weight excluding hydrogens is 414 g/mol. The molecule has 1 fully saturated rings. The van der Waals surface area contributed by atoms with Gasteiger partial charge >= 0.3 is 0 Å². The van der Waals surface area contributed by atoms with Gasteiger partial charge in [0.1, 0.15) is 18.5 Å². The molecule has 172 valence electrons. The lowest BCUT2D eigenvalue weighted by atomic mass is 10.1. The third-order valence-corrected chi connectivity index (χ3v) is 5.65. The molecule has 6 heteroatoms. The SMILES string of the molecule is CN(C)CCOc1ccc(C(=O)N2CCOC(c3cccc(Cc4ccccc4)n3)C2)cc1. The van der Waals surface area contributed by atoms with Crippen LogP contribution in [0.4, 0.5) is 0 Å². The minimum Gasteiger partial charge on any atom is -0.492 e. The standard InChI is InChI=1S/C27H31N3O3/c1-29(2)15-17-32-24-13-11-22(12-14-24)27(31)30-16-18-33-26(20-30)25-10-6-9-23(28-25)19-21-7-4-3-5-8-21/h3-14,26H,15-20H2,1-2H3. The van der Waals surface area contributed by atoms with Gasteiger partial charge in [0.2, 0.25) is 0 Å². The highest BCUT2D eigenvalue weighted by atomic mass is 16.5. The summed E-state index contributed by atoms with van der Waals surface area (Å²) in [6, 6.07) is 23.7. The van der Waals surface area contributed by atoms with Gasteiger partial charge in [-0.25, -0.2) is 0 Å². The van der Waals surface area contributed by atoms with Crippen molar-refractivity contribution in [2.24, 2.45) is 0 Å². The zero-order chi connectivity index (χ0) is 23.0. The quantitative estimate of drug-likeness (QED) is 0.528. The summed E-state index contributed by atoms with van der Waals surface area (Å²) in [6.45, 7) is 3.01. The highest BCUT2D eigenvalue weighted by Crippen LogP contribution is 2.23. The van der Waals surface area contributed by atoms with Gasteiger partial charge < -0.3 is 19.3 Å². The van der Waals surface area contributed by atoms with Gasteiger partial charge in [-0.15, -0.1) is 0 Å². The van der Waals surface area contributed by atoms with Crippen LogP contribution in [0.25, 0.3) is 0 Å². The van der Waals surface area contributed by atoms with Gasteiger partial charge in [-0.2, -0.15) is 0 Å². The van der Waals surface area contributed by atoms with E-state index < -0.39 is 0 Å². The molecule has 1 unspecified atom stereocenters. The molecule has 0 bridgehead atoms. The number of nitrogens with zero attached hydrogens (tertiary/aromatic N) is 3. The minimum atomic E-state index is -0.230. The summed E-state index contributed by atoms with van der Waals surface area (Å²) in [6.07, 6.45) is 0.541. The Morgan fingerprint density at radius 2 is 1.85 bits per heavy atom. The van der Waals surface area contributed by atoms with E-state index >= 15 is 0 Å². The predicted molar refractivity (Wildman–Crippen MR) is 129 cm³/mol. The molecule has 3 aromatic rings. The van der Waals surface area contributed by atoms with Crippen LogP contribution in [0, 0.1) is 0 Å². The van der Waals surface area contributed by atoms with Crippen molar-refractivity contribution < 1.29 is 14.3 Å². The molecule has 1 aromatic heterocycles. The molecule has 33 heavy (non-hydrogen) atoms. The van der Waals surface area contributed by atoms with Crippen molar-refractivity contribution in [1.29, 1.82) is 0 Å². The Balaban J connectivity index is 1.38. The van der Waals surface area contributed by atoms with E-state index in [-0.39, 0.29) is 12.0 Å². The summed E-state index contributed by atoms with van der Waals surface area (Å²) >= 11 is 0. The Morgan fingerprint density at radius 3 is 2.61 bits per heavy atom. The zero-order valence-corrected chi connectivity index (χ0v) is 19.3. The molecule has 0 spiro atoms. The van der Waals surface area contributed by atoms with Crippen molar-refractivity contribution in [3.8, 4) is 5.75 Å². The number of hydrogen-bond acceptors (Lipinski definition) is 5. The second-order valence-electron chi connectivity index (χ2n) is 8.50. The number of rotatable bonds is 8. The van der Waals surface area contributed by atoms with Crippen LogP contribution in [0.15, 0.2) is 72.8 Å². The molecular formula is C27H31N3O3. The van der Waals surface area contributed by atoms with Gasteiger partial charge in [-0.3, -0.25) is 9.78 Å². The maximum atomic E-state index is 13.1. The lowest BCUT2D eigenvalue weighted by Gasteiger charge is -2.33. The third-order valence-electron chi connectivity index (χ3n) is 5.65. The van der Waals surface area contributed by atoms with E-state index in [4.69, 9.17) is 14.5 Å². The van der Waals surface area contributed by atoms with Crippen molar-refractivity contribution in [1.82, 2.24) is 14.8 Å². The smallest absolute Gasteiger partial charge is 0.254 e. The number of amides is 1. The Bertz CT molecular complexity index is 1040. The second kappa shape index (κ2) is 11.1. The number of morpholine rings is 1. The van der Waals surface area contributed by atoms with Gasteiger partial charge in [-0.05, 0) is 56.1 Å². The Labute approximate surface area is 195 Å². The summed E-state index contributed by atoms with van der Waals surface area (Å²) in [4.78, 5) is 21.8. The van der Waals surface area contributed by atoms with Crippen LogP contribution in [-0.4, -0.2) is 67.6 Å². The number of carbonyl (C=O) groups is 1. The van der Waals surface area contributed by atoms with Crippen LogP contribution in [0.2, 0.25) is 0 Å². The fourth-order valence-corrected chi connectivity index (χ4v) is 3.82. The molecule has 1 aliphatic rings. The van der Waals surface area contributed by atoms with E-state index in [9.17, 15) is 4.79 Å². The fourth-order valence-electron chi connectivity index (χ4n) is 3.82. The molecule has 4 rings (SSSR count). The number of likely N-dealkylation sites (N-methyl/N-ethyl adjacent to an activating group) is 1. The summed E-state index contributed by atoms with van der Waals surface area (Å²) in [5.74, 6) is 0.774. The van der Waals surface area contributed by atoms with Crippen LogP contribution < -0.4 is 4.74 Å². The molecule has 0 aliphatic carbocycles. The van der Waals surface area contributed by atoms with Crippen molar-refractivity contribution in [3.63, 3.8) is 0 Å². The van der Waals surface area contributed by atoms with Crippen molar-refractivity contribution >= 4 is 5.91 Å². The van der Waals surface area contributed by atoms with Crippen LogP contribution in [-0.2, 0) is 11.2 Å². The normalized spacial score (nSPS) is 16.1. The van der Waals surface area contributed by atoms with Gasteiger partial charge in [0.05, 0.1) is 18.8 Å². The van der Waals surface area contributed by atoms with Gasteiger partial charge in [-0.1, -0.05) is 36.4 Å². The molecule has 2 aromatic carbocycles. The number of ether oxygens (including phenoxy) is 2. The second-order valence-corrected chi connectivity index (χ2v) is 8.50. The molecule has 1 saturated heterocycles. The minimum absolute atomic E-state index is 0.00332. The molecule has 1 amide bonds. The Morgan fingerprint density at radius 1 is 1.06 bits per heavy atom. The molecule has 1 atom stereocenters. The van der Waals surface area contributed by atoms with E-state index in [1.165, 1.54) is 5.56 Å². The van der Waals surface area contributed by atoms with E-state index in [0.717, 1.165) is 30.1 Å². The topological polar surface area (TPSA) is 54.9 Å². The zero-order valence-electron chi connectivity index (χ0n) is 19.3. The van der Waals surface area contributed by atoms with Crippen LogP contribution in [0.5, 0.6) is 5.75 Å². The molecule has 6 nitrogen and oxygen atoms in total. The number of aromatic nitrogens is 1. The summed E-state index contributed by atoms with van der Waals surface area (Å²) < 4.78 is 11.7. The number of carbonyl (C=O) groups excluding carboxylic acids is 1. The first-order chi connectivity index (χ1) is 16.1. The molecule has 0 radical (unpaired) electrons. The molecule has 2 heterocycles. The third kappa shape index (κ3) is 6.40. The van der Waals surface area contributed by atoms with Crippen molar-refractivity contribution in [2.45, 2.75) is 12.5 Å².